The zero-order valence-electron chi connectivity index (χ0n) is 14.9. The number of amides is 1. The molecule has 0 saturated heterocycles. The molecule has 1 amide bonds. The Hall–Kier alpha value is -2.67. The molecule has 1 N–H and O–H groups in total. The van der Waals surface area contributed by atoms with E-state index in [1.165, 1.54) is 12.1 Å². The van der Waals surface area contributed by atoms with Gasteiger partial charge < -0.3 is 10.1 Å². The van der Waals surface area contributed by atoms with Gasteiger partial charge in [0.2, 0.25) is 6.10 Å². The standard InChI is InChI=1S/C20H21NO5S/c1-27(24,25)13-14-7-9-16(10-8-14)20(23)26-18(15-5-3-2-4-6-15)19(22)21-17-11-12-17/h2-10,17-18H,11-13H2,1H3,(H,21,22)/t18-/m0/s1. The Balaban J connectivity index is 1.74. The van der Waals surface area contributed by atoms with E-state index in [9.17, 15) is 18.0 Å². The number of benzene rings is 2. The maximum absolute atomic E-state index is 12.5. The number of ether oxygens (including phenoxy) is 1. The molecule has 0 bridgehead atoms. The number of nitrogens with one attached hydrogen (secondary N) is 1. The number of hydrogen-bond acceptors (Lipinski definition) is 5. The molecule has 1 aliphatic carbocycles. The van der Waals surface area contributed by atoms with E-state index >= 15 is 0 Å². The monoisotopic (exact) mass is 387 g/mol. The summed E-state index contributed by atoms with van der Waals surface area (Å²) in [5.74, 6) is -1.08. The molecule has 2 aromatic carbocycles. The lowest BCUT2D eigenvalue weighted by atomic mass is 10.1. The Bertz CT molecular complexity index is 919. The van der Waals surface area contributed by atoms with Crippen molar-refractivity contribution < 1.29 is 22.7 Å². The predicted molar refractivity (Wildman–Crippen MR) is 101 cm³/mol. The van der Waals surface area contributed by atoms with Gasteiger partial charge >= 0.3 is 5.97 Å². The van der Waals surface area contributed by atoms with Crippen molar-refractivity contribution in [3.63, 3.8) is 0 Å². The molecule has 1 atom stereocenters. The lowest BCUT2D eigenvalue weighted by Gasteiger charge is -2.18. The SMILES string of the molecule is CS(=O)(=O)Cc1ccc(C(=O)O[C@H](C(=O)NC2CC2)c2ccccc2)cc1. The van der Waals surface area contributed by atoms with Gasteiger partial charge in [-0.1, -0.05) is 42.5 Å². The average Bonchev–Trinajstić information content (AvgIpc) is 3.43. The van der Waals surface area contributed by atoms with Crippen LogP contribution in [0.3, 0.4) is 0 Å². The Morgan fingerprint density at radius 1 is 1.07 bits per heavy atom. The van der Waals surface area contributed by atoms with Gasteiger partial charge in [-0.2, -0.15) is 0 Å². The molecule has 0 aromatic heterocycles. The van der Waals surface area contributed by atoms with Gasteiger partial charge in [0.15, 0.2) is 9.84 Å². The average molecular weight is 387 g/mol. The third kappa shape index (κ3) is 5.65. The summed E-state index contributed by atoms with van der Waals surface area (Å²) in [5.41, 5.74) is 1.44. The zero-order chi connectivity index (χ0) is 19.4. The second kappa shape index (κ2) is 7.92. The van der Waals surface area contributed by atoms with Crippen LogP contribution >= 0.6 is 0 Å². The topological polar surface area (TPSA) is 89.5 Å². The molecule has 1 aliphatic rings. The van der Waals surface area contributed by atoms with E-state index in [-0.39, 0.29) is 23.3 Å². The van der Waals surface area contributed by atoms with Gasteiger partial charge in [-0.05, 0) is 30.5 Å². The Morgan fingerprint density at radius 2 is 1.70 bits per heavy atom. The van der Waals surface area contributed by atoms with Crippen molar-refractivity contribution in [2.24, 2.45) is 0 Å². The molecule has 0 aliphatic heterocycles. The summed E-state index contributed by atoms with van der Waals surface area (Å²) < 4.78 is 28.2. The largest absolute Gasteiger partial charge is 0.444 e. The molecule has 27 heavy (non-hydrogen) atoms. The quantitative estimate of drug-likeness (QED) is 0.737. The molecule has 1 fully saturated rings. The Labute approximate surface area is 158 Å². The lowest BCUT2D eigenvalue weighted by molar-refractivity contribution is -0.130. The fourth-order valence-corrected chi connectivity index (χ4v) is 3.42. The Kier molecular flexibility index (Phi) is 5.60. The smallest absolute Gasteiger partial charge is 0.339 e. The van der Waals surface area contributed by atoms with E-state index in [1.807, 2.05) is 6.07 Å². The summed E-state index contributed by atoms with van der Waals surface area (Å²) in [6.07, 6.45) is 1.99. The summed E-state index contributed by atoms with van der Waals surface area (Å²) >= 11 is 0. The van der Waals surface area contributed by atoms with E-state index < -0.39 is 21.9 Å². The Morgan fingerprint density at radius 3 is 2.26 bits per heavy atom. The summed E-state index contributed by atoms with van der Waals surface area (Å²) in [6.45, 7) is 0. The number of hydrogen-bond donors (Lipinski definition) is 1. The maximum atomic E-state index is 12.5. The highest BCUT2D eigenvalue weighted by Crippen LogP contribution is 2.24. The molecule has 2 aromatic rings. The van der Waals surface area contributed by atoms with Crippen molar-refractivity contribution in [3.8, 4) is 0 Å². The number of rotatable bonds is 7. The van der Waals surface area contributed by atoms with Gasteiger partial charge in [-0.15, -0.1) is 0 Å². The van der Waals surface area contributed by atoms with E-state index in [2.05, 4.69) is 5.32 Å². The van der Waals surface area contributed by atoms with Gasteiger partial charge in [0.1, 0.15) is 0 Å². The third-order valence-corrected chi connectivity index (χ3v) is 4.97. The fraction of sp³-hybridized carbons (Fsp3) is 0.300. The van der Waals surface area contributed by atoms with E-state index in [0.29, 0.717) is 11.1 Å². The number of carbonyl (C=O) groups excluding carboxylic acids is 2. The van der Waals surface area contributed by atoms with Gasteiger partial charge in [-0.25, -0.2) is 13.2 Å². The van der Waals surface area contributed by atoms with Crippen molar-refractivity contribution in [2.75, 3.05) is 6.26 Å². The van der Waals surface area contributed by atoms with Crippen molar-refractivity contribution in [2.45, 2.75) is 30.7 Å². The highest BCUT2D eigenvalue weighted by Gasteiger charge is 2.31. The number of carbonyl (C=O) groups is 2. The van der Waals surface area contributed by atoms with Crippen molar-refractivity contribution >= 4 is 21.7 Å². The summed E-state index contributed by atoms with van der Waals surface area (Å²) in [5, 5.41) is 2.86. The minimum absolute atomic E-state index is 0.0985. The van der Waals surface area contributed by atoms with Gasteiger partial charge in [0.05, 0.1) is 11.3 Å². The van der Waals surface area contributed by atoms with Crippen LogP contribution in [0.15, 0.2) is 54.6 Å². The lowest BCUT2D eigenvalue weighted by Crippen LogP contribution is -2.33. The third-order valence-electron chi connectivity index (χ3n) is 4.11. The van der Waals surface area contributed by atoms with E-state index in [0.717, 1.165) is 19.1 Å². The van der Waals surface area contributed by atoms with Crippen LogP contribution in [0.1, 0.15) is 40.4 Å². The molecule has 6 nitrogen and oxygen atoms in total. The maximum Gasteiger partial charge on any atom is 0.339 e. The van der Waals surface area contributed by atoms with Crippen LogP contribution in [0.25, 0.3) is 0 Å². The second-order valence-electron chi connectivity index (χ2n) is 6.75. The van der Waals surface area contributed by atoms with Crippen LogP contribution in [0.5, 0.6) is 0 Å². The first kappa shape index (κ1) is 19.1. The van der Waals surface area contributed by atoms with E-state index in [4.69, 9.17) is 4.74 Å². The van der Waals surface area contributed by atoms with Crippen molar-refractivity contribution in [1.29, 1.82) is 0 Å². The van der Waals surface area contributed by atoms with Crippen LogP contribution in [-0.4, -0.2) is 32.6 Å². The highest BCUT2D eigenvalue weighted by molar-refractivity contribution is 7.89. The molecule has 0 unspecified atom stereocenters. The molecule has 0 radical (unpaired) electrons. The summed E-state index contributed by atoms with van der Waals surface area (Å²) in [6, 6.07) is 15.1. The number of esters is 1. The fourth-order valence-electron chi connectivity index (χ4n) is 2.62. The predicted octanol–water partition coefficient (Wildman–Crippen LogP) is 2.41. The van der Waals surface area contributed by atoms with Crippen LogP contribution < -0.4 is 5.32 Å². The minimum Gasteiger partial charge on any atom is -0.444 e. The summed E-state index contributed by atoms with van der Waals surface area (Å²) in [7, 11) is -3.15. The molecule has 0 heterocycles. The molecule has 1 saturated carbocycles. The second-order valence-corrected chi connectivity index (χ2v) is 8.89. The van der Waals surface area contributed by atoms with Crippen molar-refractivity contribution in [1.82, 2.24) is 5.32 Å². The zero-order valence-corrected chi connectivity index (χ0v) is 15.7. The normalized spacial score (nSPS) is 15.0. The van der Waals surface area contributed by atoms with Crippen LogP contribution in [0, 0.1) is 0 Å². The number of sulfone groups is 1. The van der Waals surface area contributed by atoms with Crippen LogP contribution in [0.2, 0.25) is 0 Å². The molecular weight excluding hydrogens is 366 g/mol. The molecular formula is C20H21NO5S. The van der Waals surface area contributed by atoms with Crippen LogP contribution in [0.4, 0.5) is 0 Å². The molecule has 142 valence electrons. The first-order valence-corrected chi connectivity index (χ1v) is 10.7. The first-order chi connectivity index (χ1) is 12.8. The molecule has 3 rings (SSSR count). The minimum atomic E-state index is -3.15. The van der Waals surface area contributed by atoms with E-state index in [1.54, 1.807) is 36.4 Å². The van der Waals surface area contributed by atoms with Gasteiger partial charge in [0.25, 0.3) is 5.91 Å². The van der Waals surface area contributed by atoms with Gasteiger partial charge in [0, 0.05) is 17.9 Å². The molecule has 7 heteroatoms. The summed E-state index contributed by atoms with van der Waals surface area (Å²) in [4.78, 5) is 25.0. The van der Waals surface area contributed by atoms with Gasteiger partial charge in [-0.3, -0.25) is 4.79 Å². The first-order valence-electron chi connectivity index (χ1n) is 8.65. The van der Waals surface area contributed by atoms with Crippen molar-refractivity contribution in [3.05, 3.63) is 71.3 Å². The molecule has 0 spiro atoms. The highest BCUT2D eigenvalue weighted by atomic mass is 32.2. The van der Waals surface area contributed by atoms with Crippen LogP contribution in [-0.2, 0) is 25.1 Å².